The van der Waals surface area contributed by atoms with Crippen molar-refractivity contribution in [2.24, 2.45) is 0 Å². The number of hydrogen-bond acceptors (Lipinski definition) is 4. The quantitative estimate of drug-likeness (QED) is 0.681. The number of ether oxygens (including phenoxy) is 1. The first-order valence-electron chi connectivity index (χ1n) is 6.79. The number of carboxylic acids is 1. The Bertz CT molecular complexity index is 368. The summed E-state index contributed by atoms with van der Waals surface area (Å²) in [5.41, 5.74) is -2.26. The SMILES string of the molecule is CCC(C)(NC(=O)N(C)CC1(O)CCOCC1)C(=O)O. The molecule has 3 N–H and O–H groups in total. The van der Waals surface area contributed by atoms with Crippen molar-refractivity contribution in [1.29, 1.82) is 0 Å². The highest BCUT2D eigenvalue weighted by Gasteiger charge is 2.36. The minimum atomic E-state index is -1.30. The van der Waals surface area contributed by atoms with Crippen molar-refractivity contribution in [1.82, 2.24) is 10.2 Å². The molecular weight excluding hydrogens is 264 g/mol. The van der Waals surface area contributed by atoms with E-state index in [-0.39, 0.29) is 13.0 Å². The molecule has 1 aliphatic rings. The zero-order valence-corrected chi connectivity index (χ0v) is 12.3. The smallest absolute Gasteiger partial charge is 0.329 e. The highest BCUT2D eigenvalue weighted by molar-refractivity contribution is 5.85. The number of hydrogen-bond donors (Lipinski definition) is 3. The van der Waals surface area contributed by atoms with Crippen LogP contribution in [0.4, 0.5) is 4.79 Å². The fraction of sp³-hybridized carbons (Fsp3) is 0.846. The van der Waals surface area contributed by atoms with E-state index in [9.17, 15) is 14.7 Å². The first-order valence-corrected chi connectivity index (χ1v) is 6.79. The van der Waals surface area contributed by atoms with E-state index in [1.165, 1.54) is 11.8 Å². The summed E-state index contributed by atoms with van der Waals surface area (Å²) in [6.45, 7) is 4.24. The molecular formula is C13H24N2O5. The van der Waals surface area contributed by atoms with Crippen LogP contribution in [0.1, 0.15) is 33.1 Å². The number of carbonyl (C=O) groups excluding carboxylic acids is 1. The van der Waals surface area contributed by atoms with E-state index in [0.717, 1.165) is 0 Å². The molecule has 0 bridgehead atoms. The first kappa shape index (κ1) is 16.7. The highest BCUT2D eigenvalue weighted by Crippen LogP contribution is 2.21. The number of carbonyl (C=O) groups is 2. The normalized spacial score (nSPS) is 20.8. The Morgan fingerprint density at radius 2 is 1.95 bits per heavy atom. The second-order valence-electron chi connectivity index (χ2n) is 5.61. The zero-order valence-electron chi connectivity index (χ0n) is 12.3. The van der Waals surface area contributed by atoms with E-state index in [2.05, 4.69) is 5.32 Å². The third-order valence-corrected chi connectivity index (χ3v) is 3.86. The van der Waals surface area contributed by atoms with E-state index in [1.807, 2.05) is 0 Å². The largest absolute Gasteiger partial charge is 0.480 e. The molecule has 7 nitrogen and oxygen atoms in total. The van der Waals surface area contributed by atoms with Crippen molar-refractivity contribution < 1.29 is 24.5 Å². The lowest BCUT2D eigenvalue weighted by Gasteiger charge is -2.36. The highest BCUT2D eigenvalue weighted by atomic mass is 16.5. The van der Waals surface area contributed by atoms with Crippen LogP contribution in [-0.2, 0) is 9.53 Å². The molecule has 20 heavy (non-hydrogen) atoms. The Morgan fingerprint density at radius 1 is 1.40 bits per heavy atom. The molecule has 1 heterocycles. The number of amides is 2. The lowest BCUT2D eigenvalue weighted by Crippen LogP contribution is -2.57. The van der Waals surface area contributed by atoms with Crippen LogP contribution in [0.25, 0.3) is 0 Å². The lowest BCUT2D eigenvalue weighted by atomic mass is 9.94. The van der Waals surface area contributed by atoms with Crippen LogP contribution in [-0.4, -0.2) is 65.1 Å². The van der Waals surface area contributed by atoms with Gasteiger partial charge < -0.3 is 25.2 Å². The van der Waals surface area contributed by atoms with Crippen LogP contribution in [0.5, 0.6) is 0 Å². The average Bonchev–Trinajstić information content (AvgIpc) is 2.38. The van der Waals surface area contributed by atoms with Crippen LogP contribution in [0.3, 0.4) is 0 Å². The molecule has 0 saturated carbocycles. The molecule has 1 atom stereocenters. The number of urea groups is 1. The number of nitrogens with zero attached hydrogens (tertiary/aromatic N) is 1. The number of aliphatic carboxylic acids is 1. The van der Waals surface area contributed by atoms with E-state index in [4.69, 9.17) is 9.84 Å². The second-order valence-corrected chi connectivity index (χ2v) is 5.61. The molecule has 116 valence electrons. The van der Waals surface area contributed by atoms with Gasteiger partial charge in [0.05, 0.1) is 12.1 Å². The fourth-order valence-corrected chi connectivity index (χ4v) is 2.05. The maximum atomic E-state index is 12.0. The predicted octanol–water partition coefficient (Wildman–Crippen LogP) is 0.423. The van der Waals surface area contributed by atoms with Crippen molar-refractivity contribution in [2.45, 2.75) is 44.2 Å². The second kappa shape index (κ2) is 6.41. The van der Waals surface area contributed by atoms with Gasteiger partial charge in [0, 0.05) is 33.1 Å². The standard InChI is InChI=1S/C13H24N2O5/c1-4-12(2,10(16)17)14-11(18)15(3)9-13(19)5-7-20-8-6-13/h19H,4-9H2,1-3H3,(H,14,18)(H,16,17). The molecule has 1 unspecified atom stereocenters. The van der Waals surface area contributed by atoms with Gasteiger partial charge in [-0.05, 0) is 13.3 Å². The first-order chi connectivity index (χ1) is 9.22. The molecule has 1 fully saturated rings. The summed E-state index contributed by atoms with van der Waals surface area (Å²) < 4.78 is 5.18. The van der Waals surface area contributed by atoms with Gasteiger partial charge in [-0.15, -0.1) is 0 Å². The maximum absolute atomic E-state index is 12.0. The number of likely N-dealkylation sites (N-methyl/N-ethyl adjacent to an activating group) is 1. The van der Waals surface area contributed by atoms with Gasteiger partial charge >= 0.3 is 12.0 Å². The van der Waals surface area contributed by atoms with Gasteiger partial charge in [0.1, 0.15) is 5.54 Å². The summed E-state index contributed by atoms with van der Waals surface area (Å²) in [6, 6.07) is -0.503. The molecule has 7 heteroatoms. The van der Waals surface area contributed by atoms with E-state index in [1.54, 1.807) is 14.0 Å². The topological polar surface area (TPSA) is 99.1 Å². The van der Waals surface area contributed by atoms with Gasteiger partial charge in [-0.3, -0.25) is 0 Å². The molecule has 0 radical (unpaired) electrons. The number of rotatable bonds is 5. The van der Waals surface area contributed by atoms with Gasteiger partial charge in [0.15, 0.2) is 0 Å². The Kier molecular flexibility index (Phi) is 5.35. The summed E-state index contributed by atoms with van der Waals surface area (Å²) in [6.07, 6.45) is 1.21. The van der Waals surface area contributed by atoms with Crippen LogP contribution >= 0.6 is 0 Å². The molecule has 0 spiro atoms. The number of aliphatic hydroxyl groups is 1. The van der Waals surface area contributed by atoms with Crippen molar-refractivity contribution >= 4 is 12.0 Å². The minimum Gasteiger partial charge on any atom is -0.480 e. The average molecular weight is 288 g/mol. The molecule has 1 rings (SSSR count). The van der Waals surface area contributed by atoms with Gasteiger partial charge in [0.2, 0.25) is 0 Å². The fourth-order valence-electron chi connectivity index (χ4n) is 2.05. The summed E-state index contributed by atoms with van der Waals surface area (Å²) in [4.78, 5) is 24.5. The Morgan fingerprint density at radius 3 is 2.40 bits per heavy atom. The van der Waals surface area contributed by atoms with Gasteiger partial charge in [-0.2, -0.15) is 0 Å². The molecule has 0 aliphatic carbocycles. The number of carboxylic acid groups (broad SMARTS) is 1. The van der Waals surface area contributed by atoms with Gasteiger partial charge in [0.25, 0.3) is 0 Å². The predicted molar refractivity (Wildman–Crippen MR) is 72.5 cm³/mol. The minimum absolute atomic E-state index is 0.154. The van der Waals surface area contributed by atoms with E-state index >= 15 is 0 Å². The van der Waals surface area contributed by atoms with E-state index in [0.29, 0.717) is 26.1 Å². The molecule has 1 aliphatic heterocycles. The molecule has 2 amide bonds. The summed E-state index contributed by atoms with van der Waals surface area (Å²) >= 11 is 0. The summed E-state index contributed by atoms with van der Waals surface area (Å²) in [5, 5.41) is 22.0. The molecule has 0 aromatic rings. The monoisotopic (exact) mass is 288 g/mol. The lowest BCUT2D eigenvalue weighted by molar-refractivity contribution is -0.143. The summed E-state index contributed by atoms with van der Waals surface area (Å²) in [5.74, 6) is -1.08. The Hall–Kier alpha value is -1.34. The van der Waals surface area contributed by atoms with Crippen LogP contribution < -0.4 is 5.32 Å². The molecule has 0 aromatic carbocycles. The van der Waals surface area contributed by atoms with Crippen LogP contribution in [0.15, 0.2) is 0 Å². The van der Waals surface area contributed by atoms with Crippen molar-refractivity contribution in [3.63, 3.8) is 0 Å². The molecule has 1 saturated heterocycles. The Balaban J connectivity index is 2.60. The third-order valence-electron chi connectivity index (χ3n) is 3.86. The number of nitrogens with one attached hydrogen (secondary N) is 1. The van der Waals surface area contributed by atoms with Crippen LogP contribution in [0, 0.1) is 0 Å². The van der Waals surface area contributed by atoms with Crippen molar-refractivity contribution in [2.75, 3.05) is 26.8 Å². The summed E-state index contributed by atoms with van der Waals surface area (Å²) in [7, 11) is 1.54. The van der Waals surface area contributed by atoms with Crippen molar-refractivity contribution in [3.8, 4) is 0 Å². The van der Waals surface area contributed by atoms with E-state index < -0.39 is 23.1 Å². The Labute approximate surface area is 118 Å². The zero-order chi connectivity index (χ0) is 15.4. The van der Waals surface area contributed by atoms with Gasteiger partial charge in [-0.1, -0.05) is 6.92 Å². The van der Waals surface area contributed by atoms with Gasteiger partial charge in [-0.25, -0.2) is 9.59 Å². The van der Waals surface area contributed by atoms with Crippen LogP contribution in [0.2, 0.25) is 0 Å². The van der Waals surface area contributed by atoms with Crippen molar-refractivity contribution in [3.05, 3.63) is 0 Å². The molecule has 0 aromatic heterocycles. The maximum Gasteiger partial charge on any atom is 0.329 e. The third kappa shape index (κ3) is 4.08.